The van der Waals surface area contributed by atoms with Crippen LogP contribution in [0, 0.1) is 0 Å². The fourth-order valence-electron chi connectivity index (χ4n) is 2.01. The molecule has 0 aromatic heterocycles. The Morgan fingerprint density at radius 2 is 2.35 bits per heavy atom. The molecule has 0 amide bonds. The minimum absolute atomic E-state index is 0.0135. The number of rotatable bonds is 5. The van der Waals surface area contributed by atoms with Gasteiger partial charge in [0.05, 0.1) is 18.8 Å². The Labute approximate surface area is 107 Å². The average Bonchev–Trinajstić information content (AvgIpc) is 2.82. The predicted octanol–water partition coefficient (Wildman–Crippen LogP) is 2.41. The highest BCUT2D eigenvalue weighted by Gasteiger charge is 2.23. The minimum atomic E-state index is -0.0135. The van der Waals surface area contributed by atoms with E-state index in [1.54, 1.807) is 0 Å². The first-order valence-corrected chi connectivity index (χ1v) is 6.31. The molecule has 1 aromatic rings. The van der Waals surface area contributed by atoms with E-state index >= 15 is 0 Å². The second-order valence-corrected chi connectivity index (χ2v) is 4.60. The molecule has 2 unspecified atom stereocenters. The van der Waals surface area contributed by atoms with Gasteiger partial charge in [-0.05, 0) is 19.5 Å². The molecule has 17 heavy (non-hydrogen) atoms. The Hall–Kier alpha value is -0.610. The van der Waals surface area contributed by atoms with E-state index in [1.165, 1.54) is 0 Å². The van der Waals surface area contributed by atoms with Crippen LogP contribution in [-0.2, 0) is 9.47 Å². The van der Waals surface area contributed by atoms with Crippen molar-refractivity contribution in [2.24, 2.45) is 0 Å². The highest BCUT2D eigenvalue weighted by Crippen LogP contribution is 2.27. The molecule has 1 saturated heterocycles. The molecule has 1 heterocycles. The largest absolute Gasteiger partial charge is 0.379 e. The number of hydrogen-bond donors (Lipinski definition) is 1. The second-order valence-electron chi connectivity index (χ2n) is 4.19. The Morgan fingerprint density at radius 1 is 1.53 bits per heavy atom. The second kappa shape index (κ2) is 6.36. The zero-order valence-corrected chi connectivity index (χ0v) is 10.7. The number of benzene rings is 1. The van der Waals surface area contributed by atoms with Crippen LogP contribution in [0.3, 0.4) is 0 Å². The van der Waals surface area contributed by atoms with Gasteiger partial charge in [-0.1, -0.05) is 29.8 Å². The zero-order valence-electron chi connectivity index (χ0n) is 9.99. The van der Waals surface area contributed by atoms with Gasteiger partial charge in [0.1, 0.15) is 0 Å². The molecule has 1 aromatic carbocycles. The third-order valence-electron chi connectivity index (χ3n) is 2.89. The van der Waals surface area contributed by atoms with Crippen LogP contribution in [0.4, 0.5) is 0 Å². The van der Waals surface area contributed by atoms with Crippen LogP contribution in [0.1, 0.15) is 18.1 Å². The van der Waals surface area contributed by atoms with Gasteiger partial charge in [-0.25, -0.2) is 0 Å². The summed E-state index contributed by atoms with van der Waals surface area (Å²) in [6, 6.07) is 7.83. The summed E-state index contributed by atoms with van der Waals surface area (Å²) >= 11 is 6.20. The average molecular weight is 256 g/mol. The molecular weight excluding hydrogens is 238 g/mol. The van der Waals surface area contributed by atoms with Crippen LogP contribution >= 0.6 is 11.6 Å². The molecule has 1 aliphatic rings. The van der Waals surface area contributed by atoms with E-state index < -0.39 is 0 Å². The highest BCUT2D eigenvalue weighted by molar-refractivity contribution is 6.31. The van der Waals surface area contributed by atoms with Gasteiger partial charge in [0.2, 0.25) is 0 Å². The molecule has 4 heteroatoms. The summed E-state index contributed by atoms with van der Waals surface area (Å²) in [5, 5.41) is 3.90. The lowest BCUT2D eigenvalue weighted by atomic mass is 10.1. The monoisotopic (exact) mass is 255 g/mol. The van der Waals surface area contributed by atoms with Crippen molar-refractivity contribution in [3.63, 3.8) is 0 Å². The molecule has 3 nitrogen and oxygen atoms in total. The van der Waals surface area contributed by atoms with Gasteiger partial charge in [0, 0.05) is 23.7 Å². The van der Waals surface area contributed by atoms with Crippen LogP contribution in [0.2, 0.25) is 5.02 Å². The van der Waals surface area contributed by atoms with Crippen molar-refractivity contribution in [1.29, 1.82) is 0 Å². The number of halogens is 1. The molecule has 1 N–H and O–H groups in total. The summed E-state index contributed by atoms with van der Waals surface area (Å²) in [4.78, 5) is 0. The maximum Gasteiger partial charge on any atom is 0.0968 e. The molecule has 0 radical (unpaired) electrons. The van der Waals surface area contributed by atoms with Gasteiger partial charge in [0.25, 0.3) is 0 Å². The van der Waals surface area contributed by atoms with Crippen LogP contribution in [-0.4, -0.2) is 32.9 Å². The normalized spacial score (nSPS) is 21.6. The molecule has 1 fully saturated rings. The molecule has 2 atom stereocenters. The lowest BCUT2D eigenvalue weighted by Crippen LogP contribution is -2.25. The topological polar surface area (TPSA) is 30.5 Å². The Balaban J connectivity index is 2.08. The van der Waals surface area contributed by atoms with Crippen LogP contribution in [0.5, 0.6) is 0 Å². The van der Waals surface area contributed by atoms with E-state index in [-0.39, 0.29) is 12.2 Å². The molecule has 1 aliphatic heterocycles. The predicted molar refractivity (Wildman–Crippen MR) is 68.4 cm³/mol. The standard InChI is InChI=1S/C13H18ClNO2/c1-15-8-13(17-10-6-7-16-9-10)11-4-2-3-5-12(11)14/h2-5,10,13,15H,6-9H2,1H3. The van der Waals surface area contributed by atoms with Crippen molar-refractivity contribution in [2.45, 2.75) is 18.6 Å². The van der Waals surface area contributed by atoms with Crippen molar-refractivity contribution in [1.82, 2.24) is 5.32 Å². The molecule has 0 bridgehead atoms. The molecular formula is C13H18ClNO2. The first-order valence-electron chi connectivity index (χ1n) is 5.93. The Morgan fingerprint density at radius 3 is 3.00 bits per heavy atom. The number of nitrogens with one attached hydrogen (secondary N) is 1. The van der Waals surface area contributed by atoms with Gasteiger partial charge in [0.15, 0.2) is 0 Å². The van der Waals surface area contributed by atoms with Crippen molar-refractivity contribution in [3.8, 4) is 0 Å². The van der Waals surface area contributed by atoms with Crippen molar-refractivity contribution in [3.05, 3.63) is 34.9 Å². The smallest absolute Gasteiger partial charge is 0.0968 e. The van der Waals surface area contributed by atoms with E-state index in [4.69, 9.17) is 21.1 Å². The van der Waals surface area contributed by atoms with Crippen molar-refractivity contribution < 1.29 is 9.47 Å². The summed E-state index contributed by atoms with van der Waals surface area (Å²) in [5.41, 5.74) is 1.04. The van der Waals surface area contributed by atoms with Crippen molar-refractivity contribution in [2.75, 3.05) is 26.8 Å². The molecule has 0 saturated carbocycles. The van der Waals surface area contributed by atoms with E-state index in [9.17, 15) is 0 Å². The lowest BCUT2D eigenvalue weighted by Gasteiger charge is -2.22. The van der Waals surface area contributed by atoms with E-state index in [0.717, 1.165) is 30.2 Å². The van der Waals surface area contributed by atoms with E-state index in [1.807, 2.05) is 31.3 Å². The molecule has 94 valence electrons. The third kappa shape index (κ3) is 3.42. The summed E-state index contributed by atoms with van der Waals surface area (Å²) in [5.74, 6) is 0. The zero-order chi connectivity index (χ0) is 12.1. The summed E-state index contributed by atoms with van der Waals surface area (Å²) in [6.45, 7) is 2.23. The molecule has 0 aliphatic carbocycles. The first-order chi connectivity index (χ1) is 8.31. The first kappa shape index (κ1) is 12.8. The summed E-state index contributed by atoms with van der Waals surface area (Å²) in [7, 11) is 1.92. The number of hydrogen-bond acceptors (Lipinski definition) is 3. The molecule has 2 rings (SSSR count). The quantitative estimate of drug-likeness (QED) is 0.877. The van der Waals surface area contributed by atoms with Gasteiger partial charge in [-0.2, -0.15) is 0 Å². The number of ether oxygens (including phenoxy) is 2. The van der Waals surface area contributed by atoms with Gasteiger partial charge < -0.3 is 14.8 Å². The SMILES string of the molecule is CNCC(OC1CCOC1)c1ccccc1Cl. The lowest BCUT2D eigenvalue weighted by molar-refractivity contribution is -0.0156. The number of likely N-dealkylation sites (N-methyl/N-ethyl adjacent to an activating group) is 1. The Bertz CT molecular complexity index is 353. The van der Waals surface area contributed by atoms with Crippen molar-refractivity contribution >= 4 is 11.6 Å². The Kier molecular flexibility index (Phi) is 4.80. The maximum absolute atomic E-state index is 6.20. The van der Waals surface area contributed by atoms with Crippen LogP contribution in [0.25, 0.3) is 0 Å². The minimum Gasteiger partial charge on any atom is -0.379 e. The van der Waals surface area contributed by atoms with Gasteiger partial charge in [-0.15, -0.1) is 0 Å². The summed E-state index contributed by atoms with van der Waals surface area (Å²) in [6.07, 6.45) is 1.13. The molecule has 0 spiro atoms. The fraction of sp³-hybridized carbons (Fsp3) is 0.538. The van der Waals surface area contributed by atoms with Gasteiger partial charge in [-0.3, -0.25) is 0 Å². The van der Waals surface area contributed by atoms with Crippen LogP contribution in [0.15, 0.2) is 24.3 Å². The van der Waals surface area contributed by atoms with Crippen LogP contribution < -0.4 is 5.32 Å². The van der Waals surface area contributed by atoms with E-state index in [2.05, 4.69) is 5.32 Å². The third-order valence-corrected chi connectivity index (χ3v) is 3.23. The summed E-state index contributed by atoms with van der Waals surface area (Å²) < 4.78 is 11.4. The van der Waals surface area contributed by atoms with Gasteiger partial charge >= 0.3 is 0 Å². The highest BCUT2D eigenvalue weighted by atomic mass is 35.5. The van der Waals surface area contributed by atoms with E-state index in [0.29, 0.717) is 6.61 Å². The fourth-order valence-corrected chi connectivity index (χ4v) is 2.26. The maximum atomic E-state index is 6.20.